The van der Waals surface area contributed by atoms with Crippen LogP contribution in [0, 0.1) is 17.3 Å². The Morgan fingerprint density at radius 3 is 2.32 bits per heavy atom. The molecular weight excluding hydrogens is 234 g/mol. The summed E-state index contributed by atoms with van der Waals surface area (Å²) < 4.78 is 5.10. The van der Waals surface area contributed by atoms with Crippen LogP contribution in [0.3, 0.4) is 0 Å². The molecule has 0 saturated heterocycles. The molecule has 0 saturated carbocycles. The predicted molar refractivity (Wildman–Crippen MR) is 85.6 cm³/mol. The van der Waals surface area contributed by atoms with E-state index >= 15 is 0 Å². The first-order chi connectivity index (χ1) is 8.95. The van der Waals surface area contributed by atoms with Crippen molar-refractivity contribution in [3.05, 3.63) is 0 Å². The van der Waals surface area contributed by atoms with Crippen molar-refractivity contribution < 1.29 is 4.74 Å². The molecule has 19 heavy (non-hydrogen) atoms. The summed E-state index contributed by atoms with van der Waals surface area (Å²) in [5, 5.41) is 3.55. The number of unbranched alkanes of at least 4 members (excludes halogenated alkanes) is 1. The Labute approximate surface area is 121 Å². The van der Waals surface area contributed by atoms with Gasteiger partial charge in [0.25, 0.3) is 0 Å². The van der Waals surface area contributed by atoms with Crippen LogP contribution in [-0.4, -0.2) is 26.8 Å². The van der Waals surface area contributed by atoms with E-state index in [4.69, 9.17) is 4.74 Å². The molecule has 0 bridgehead atoms. The van der Waals surface area contributed by atoms with E-state index in [0.29, 0.717) is 5.41 Å². The van der Waals surface area contributed by atoms with E-state index in [2.05, 4.69) is 39.9 Å². The second-order valence-corrected chi connectivity index (χ2v) is 6.91. The molecule has 0 rings (SSSR count). The molecule has 2 unspecified atom stereocenters. The van der Waals surface area contributed by atoms with E-state index in [1.165, 1.54) is 32.1 Å². The summed E-state index contributed by atoms with van der Waals surface area (Å²) in [7, 11) is 1.76. The first kappa shape index (κ1) is 18.9. The standard InChI is InChI=1S/C17H37NO/c1-7-9-10-15(8-2)13-16(17(3,4)5)14-18-11-12-19-6/h15-16,18H,7-14H2,1-6H3. The van der Waals surface area contributed by atoms with Gasteiger partial charge in [-0.25, -0.2) is 0 Å². The van der Waals surface area contributed by atoms with Crippen molar-refractivity contribution in [3.63, 3.8) is 0 Å². The third kappa shape index (κ3) is 9.45. The highest BCUT2D eigenvalue weighted by Gasteiger charge is 2.26. The van der Waals surface area contributed by atoms with E-state index in [-0.39, 0.29) is 0 Å². The fraction of sp³-hybridized carbons (Fsp3) is 1.00. The van der Waals surface area contributed by atoms with Crippen molar-refractivity contribution in [1.29, 1.82) is 0 Å². The number of hydrogen-bond donors (Lipinski definition) is 1. The smallest absolute Gasteiger partial charge is 0.0587 e. The topological polar surface area (TPSA) is 21.3 Å². The highest BCUT2D eigenvalue weighted by atomic mass is 16.5. The molecule has 0 fully saturated rings. The summed E-state index contributed by atoms with van der Waals surface area (Å²) in [5.41, 5.74) is 0.389. The minimum atomic E-state index is 0.389. The van der Waals surface area contributed by atoms with Gasteiger partial charge in [-0.15, -0.1) is 0 Å². The maximum atomic E-state index is 5.10. The predicted octanol–water partition coefficient (Wildman–Crippen LogP) is 4.49. The lowest BCUT2D eigenvalue weighted by Crippen LogP contribution is -2.34. The molecule has 0 aromatic carbocycles. The Kier molecular flexibility index (Phi) is 10.6. The Balaban J connectivity index is 4.24. The highest BCUT2D eigenvalue weighted by molar-refractivity contribution is 4.78. The summed E-state index contributed by atoms with van der Waals surface area (Å²) in [4.78, 5) is 0. The van der Waals surface area contributed by atoms with Gasteiger partial charge in [0.15, 0.2) is 0 Å². The minimum Gasteiger partial charge on any atom is -0.383 e. The number of rotatable bonds is 11. The first-order valence-electron chi connectivity index (χ1n) is 8.15. The van der Waals surface area contributed by atoms with Gasteiger partial charge in [0, 0.05) is 13.7 Å². The third-order valence-electron chi connectivity index (χ3n) is 4.26. The molecule has 0 amide bonds. The molecule has 1 N–H and O–H groups in total. The van der Waals surface area contributed by atoms with Crippen LogP contribution in [0.5, 0.6) is 0 Å². The van der Waals surface area contributed by atoms with E-state index < -0.39 is 0 Å². The third-order valence-corrected chi connectivity index (χ3v) is 4.26. The van der Waals surface area contributed by atoms with Crippen LogP contribution in [0.1, 0.15) is 66.7 Å². The fourth-order valence-corrected chi connectivity index (χ4v) is 2.58. The van der Waals surface area contributed by atoms with Crippen LogP contribution in [0.15, 0.2) is 0 Å². The zero-order valence-electron chi connectivity index (χ0n) is 14.2. The van der Waals surface area contributed by atoms with Crippen molar-refractivity contribution in [2.75, 3.05) is 26.8 Å². The highest BCUT2D eigenvalue weighted by Crippen LogP contribution is 2.33. The number of ether oxygens (including phenoxy) is 1. The van der Waals surface area contributed by atoms with Gasteiger partial charge in [-0.1, -0.05) is 60.3 Å². The molecule has 0 aromatic rings. The molecule has 2 nitrogen and oxygen atoms in total. The summed E-state index contributed by atoms with van der Waals surface area (Å²) >= 11 is 0. The van der Waals surface area contributed by atoms with Gasteiger partial charge in [-0.3, -0.25) is 0 Å². The van der Waals surface area contributed by atoms with Crippen LogP contribution < -0.4 is 5.32 Å². The van der Waals surface area contributed by atoms with Crippen LogP contribution in [-0.2, 0) is 4.74 Å². The van der Waals surface area contributed by atoms with Crippen molar-refractivity contribution in [3.8, 4) is 0 Å². The van der Waals surface area contributed by atoms with Gasteiger partial charge in [0.2, 0.25) is 0 Å². The normalized spacial score (nSPS) is 15.5. The lowest BCUT2D eigenvalue weighted by Gasteiger charge is -2.34. The largest absolute Gasteiger partial charge is 0.383 e. The average molecular weight is 271 g/mol. The number of methoxy groups -OCH3 is 1. The second-order valence-electron chi connectivity index (χ2n) is 6.91. The molecule has 2 heteroatoms. The van der Waals surface area contributed by atoms with Crippen LogP contribution in [0.2, 0.25) is 0 Å². The van der Waals surface area contributed by atoms with E-state index in [9.17, 15) is 0 Å². The van der Waals surface area contributed by atoms with Crippen molar-refractivity contribution in [2.24, 2.45) is 17.3 Å². The van der Waals surface area contributed by atoms with Gasteiger partial charge in [-0.05, 0) is 30.2 Å². The van der Waals surface area contributed by atoms with Crippen molar-refractivity contribution in [1.82, 2.24) is 5.32 Å². The molecule has 0 aliphatic heterocycles. The van der Waals surface area contributed by atoms with Crippen LogP contribution in [0.25, 0.3) is 0 Å². The Morgan fingerprint density at radius 2 is 1.84 bits per heavy atom. The van der Waals surface area contributed by atoms with Gasteiger partial charge in [0.1, 0.15) is 0 Å². The lowest BCUT2D eigenvalue weighted by molar-refractivity contribution is 0.167. The molecule has 0 radical (unpaired) electrons. The molecule has 0 aliphatic rings. The van der Waals surface area contributed by atoms with E-state index in [1.54, 1.807) is 7.11 Å². The zero-order valence-corrected chi connectivity index (χ0v) is 14.2. The Bertz CT molecular complexity index is 198. The minimum absolute atomic E-state index is 0.389. The second kappa shape index (κ2) is 10.7. The van der Waals surface area contributed by atoms with Gasteiger partial charge in [-0.2, -0.15) is 0 Å². The summed E-state index contributed by atoms with van der Waals surface area (Å²) in [6.45, 7) is 14.7. The van der Waals surface area contributed by atoms with Crippen LogP contribution >= 0.6 is 0 Å². The van der Waals surface area contributed by atoms with E-state index in [1.807, 2.05) is 0 Å². The summed E-state index contributed by atoms with van der Waals surface area (Å²) in [6, 6.07) is 0. The van der Waals surface area contributed by atoms with Crippen molar-refractivity contribution in [2.45, 2.75) is 66.7 Å². The summed E-state index contributed by atoms with van der Waals surface area (Å²) in [6.07, 6.45) is 6.79. The van der Waals surface area contributed by atoms with Gasteiger partial charge < -0.3 is 10.1 Å². The van der Waals surface area contributed by atoms with Crippen molar-refractivity contribution >= 4 is 0 Å². The molecule has 0 aliphatic carbocycles. The Morgan fingerprint density at radius 1 is 1.16 bits per heavy atom. The van der Waals surface area contributed by atoms with Crippen LogP contribution in [0.4, 0.5) is 0 Å². The molecule has 0 heterocycles. The first-order valence-corrected chi connectivity index (χ1v) is 8.15. The molecule has 116 valence electrons. The number of nitrogens with one attached hydrogen (secondary N) is 1. The summed E-state index contributed by atoms with van der Waals surface area (Å²) in [5.74, 6) is 1.65. The number of hydrogen-bond acceptors (Lipinski definition) is 2. The van der Waals surface area contributed by atoms with Gasteiger partial charge >= 0.3 is 0 Å². The average Bonchev–Trinajstić information content (AvgIpc) is 2.35. The molecule has 2 atom stereocenters. The SMILES string of the molecule is CCCCC(CC)CC(CNCCOC)C(C)(C)C. The monoisotopic (exact) mass is 271 g/mol. The quantitative estimate of drug-likeness (QED) is 0.559. The van der Waals surface area contributed by atoms with E-state index in [0.717, 1.165) is 31.5 Å². The maximum absolute atomic E-state index is 5.10. The molecule has 0 aromatic heterocycles. The Hall–Kier alpha value is -0.0800. The lowest BCUT2D eigenvalue weighted by atomic mass is 9.74. The molecular formula is C17H37NO. The zero-order chi connectivity index (χ0) is 14.7. The molecule has 0 spiro atoms. The fourth-order valence-electron chi connectivity index (χ4n) is 2.58. The maximum Gasteiger partial charge on any atom is 0.0587 e. The van der Waals surface area contributed by atoms with Gasteiger partial charge in [0.05, 0.1) is 6.61 Å².